The fourth-order valence-corrected chi connectivity index (χ4v) is 5.98. The van der Waals surface area contributed by atoms with Gasteiger partial charge in [-0.2, -0.15) is 4.31 Å². The van der Waals surface area contributed by atoms with Gasteiger partial charge in [0.2, 0.25) is 21.8 Å². The van der Waals surface area contributed by atoms with Gasteiger partial charge in [0.05, 0.1) is 29.5 Å². The van der Waals surface area contributed by atoms with Gasteiger partial charge in [-0.3, -0.25) is 9.59 Å². The largest absolute Gasteiger partial charge is 0.378 e. The lowest BCUT2D eigenvalue weighted by molar-refractivity contribution is -0.122. The molecule has 2 unspecified atom stereocenters. The second kappa shape index (κ2) is 10.4. The van der Waals surface area contributed by atoms with Crippen LogP contribution in [0.5, 0.6) is 0 Å². The number of amides is 2. The normalized spacial score (nSPS) is 23.7. The molecule has 1 aromatic rings. The third kappa shape index (κ3) is 5.85. The van der Waals surface area contributed by atoms with Gasteiger partial charge in [0.1, 0.15) is 0 Å². The number of carbonyl (C=O) groups is 2. The molecule has 33 heavy (non-hydrogen) atoms. The van der Waals surface area contributed by atoms with Crippen molar-refractivity contribution in [1.29, 1.82) is 0 Å². The quantitative estimate of drug-likeness (QED) is 0.590. The van der Waals surface area contributed by atoms with E-state index in [-0.39, 0.29) is 35.6 Å². The number of ether oxygens (including phenoxy) is 1. The number of sulfonamides is 1. The molecule has 3 fully saturated rings. The number of benzene rings is 1. The topological polar surface area (TPSA) is 108 Å². The number of hydrogen-bond acceptors (Lipinski definition) is 6. The Bertz CT molecular complexity index is 971. The fourth-order valence-electron chi connectivity index (χ4n) is 4.44. The summed E-state index contributed by atoms with van der Waals surface area (Å²) in [4.78, 5) is 26.9. The van der Waals surface area contributed by atoms with Crippen LogP contribution in [0.3, 0.4) is 0 Å². The Kier molecular flexibility index (Phi) is 7.55. The molecule has 0 aromatic heterocycles. The first-order valence-electron chi connectivity index (χ1n) is 11.9. The first-order chi connectivity index (χ1) is 15.9. The van der Waals surface area contributed by atoms with Crippen LogP contribution in [0.25, 0.3) is 0 Å². The number of hydrogen-bond donors (Lipinski definition) is 2. The maximum atomic E-state index is 13.2. The van der Waals surface area contributed by atoms with Crippen molar-refractivity contribution in [2.24, 2.45) is 11.8 Å². The number of anilines is 2. The standard InChI is InChI=1S/C23H34N4O5S/c1-17-15-19(17)23(29)24-8-7-22(28)25-20-16-18(33(30,31)27-9-3-2-4-10-27)5-6-21(20)26-11-13-32-14-12-26/h5-6,16-17,19H,2-4,7-15H2,1H3,(H,24,29)(H,25,28). The highest BCUT2D eigenvalue weighted by molar-refractivity contribution is 7.89. The molecule has 2 N–H and O–H groups in total. The van der Waals surface area contributed by atoms with E-state index in [1.54, 1.807) is 18.2 Å². The fraction of sp³-hybridized carbons (Fsp3) is 0.652. The average Bonchev–Trinajstić information content (AvgIpc) is 3.57. The van der Waals surface area contributed by atoms with Crippen LogP contribution in [0.15, 0.2) is 23.1 Å². The molecule has 0 bridgehead atoms. The number of piperidine rings is 1. The third-order valence-electron chi connectivity index (χ3n) is 6.64. The molecule has 182 valence electrons. The van der Waals surface area contributed by atoms with Gasteiger partial charge in [-0.1, -0.05) is 13.3 Å². The minimum absolute atomic E-state index is 0.000993. The number of rotatable bonds is 8. The zero-order valence-corrected chi connectivity index (χ0v) is 20.0. The number of nitrogens with zero attached hydrogens (tertiary/aromatic N) is 2. The van der Waals surface area contributed by atoms with E-state index in [0.29, 0.717) is 51.0 Å². The Morgan fingerprint density at radius 1 is 1.09 bits per heavy atom. The predicted octanol–water partition coefficient (Wildman–Crippen LogP) is 1.80. The highest BCUT2D eigenvalue weighted by Gasteiger charge is 2.38. The summed E-state index contributed by atoms with van der Waals surface area (Å²) >= 11 is 0. The molecule has 2 amide bonds. The minimum atomic E-state index is -3.62. The van der Waals surface area contributed by atoms with Crippen LogP contribution in [-0.2, 0) is 24.3 Å². The predicted molar refractivity (Wildman–Crippen MR) is 126 cm³/mol. The van der Waals surface area contributed by atoms with Crippen LogP contribution < -0.4 is 15.5 Å². The molecule has 1 saturated carbocycles. The molecule has 9 nitrogen and oxygen atoms in total. The van der Waals surface area contributed by atoms with Gasteiger partial charge < -0.3 is 20.3 Å². The number of morpholine rings is 1. The molecule has 0 spiro atoms. The molecule has 10 heteroatoms. The summed E-state index contributed by atoms with van der Waals surface area (Å²) in [6, 6.07) is 4.96. The lowest BCUT2D eigenvalue weighted by atomic mass is 10.2. The van der Waals surface area contributed by atoms with Crippen LogP contribution in [0, 0.1) is 11.8 Å². The van der Waals surface area contributed by atoms with Crippen molar-refractivity contribution in [3.8, 4) is 0 Å². The Morgan fingerprint density at radius 2 is 1.79 bits per heavy atom. The first kappa shape index (κ1) is 24.0. The second-order valence-corrected chi connectivity index (χ2v) is 11.1. The van der Waals surface area contributed by atoms with Crippen molar-refractivity contribution in [3.63, 3.8) is 0 Å². The van der Waals surface area contributed by atoms with E-state index < -0.39 is 10.0 Å². The van der Waals surface area contributed by atoms with Gasteiger partial charge in [0.25, 0.3) is 0 Å². The maximum absolute atomic E-state index is 13.2. The number of nitrogens with one attached hydrogen (secondary N) is 2. The highest BCUT2D eigenvalue weighted by atomic mass is 32.2. The molecule has 2 saturated heterocycles. The van der Waals surface area contributed by atoms with Crippen molar-refractivity contribution in [1.82, 2.24) is 9.62 Å². The molecule has 0 radical (unpaired) electrons. The zero-order valence-electron chi connectivity index (χ0n) is 19.2. The monoisotopic (exact) mass is 478 g/mol. The molecular weight excluding hydrogens is 444 g/mol. The molecule has 1 aromatic carbocycles. The Balaban J connectivity index is 1.48. The van der Waals surface area contributed by atoms with Crippen LogP contribution in [0.4, 0.5) is 11.4 Å². The SMILES string of the molecule is CC1CC1C(=O)NCCC(=O)Nc1cc(S(=O)(=O)N2CCCCC2)ccc1N1CCOCC1. The molecule has 2 atom stereocenters. The van der Waals surface area contributed by atoms with Crippen molar-refractivity contribution in [2.45, 2.75) is 43.9 Å². The lowest BCUT2D eigenvalue weighted by Gasteiger charge is -2.31. The molecule has 2 aliphatic heterocycles. The summed E-state index contributed by atoms with van der Waals surface area (Å²) in [5, 5.41) is 5.71. The van der Waals surface area contributed by atoms with E-state index in [1.165, 1.54) is 4.31 Å². The van der Waals surface area contributed by atoms with Crippen LogP contribution in [0.2, 0.25) is 0 Å². The Morgan fingerprint density at radius 3 is 2.45 bits per heavy atom. The molecule has 4 rings (SSSR count). The van der Waals surface area contributed by atoms with E-state index in [0.717, 1.165) is 31.4 Å². The van der Waals surface area contributed by atoms with Crippen molar-refractivity contribution >= 4 is 33.2 Å². The summed E-state index contributed by atoms with van der Waals surface area (Å²) in [5.41, 5.74) is 1.25. The van der Waals surface area contributed by atoms with E-state index in [2.05, 4.69) is 15.5 Å². The van der Waals surface area contributed by atoms with Gasteiger partial charge in [0.15, 0.2) is 0 Å². The van der Waals surface area contributed by atoms with Crippen molar-refractivity contribution in [3.05, 3.63) is 18.2 Å². The van der Waals surface area contributed by atoms with Gasteiger partial charge in [-0.15, -0.1) is 0 Å². The van der Waals surface area contributed by atoms with Crippen molar-refractivity contribution in [2.75, 3.05) is 56.2 Å². The summed E-state index contributed by atoms with van der Waals surface area (Å²) in [6.07, 6.45) is 3.79. The van der Waals surface area contributed by atoms with E-state index in [1.807, 2.05) is 6.92 Å². The molecule has 1 aliphatic carbocycles. The number of carbonyl (C=O) groups excluding carboxylic acids is 2. The van der Waals surface area contributed by atoms with Crippen LogP contribution >= 0.6 is 0 Å². The van der Waals surface area contributed by atoms with E-state index in [9.17, 15) is 18.0 Å². The highest BCUT2D eigenvalue weighted by Crippen LogP contribution is 2.37. The van der Waals surface area contributed by atoms with E-state index in [4.69, 9.17) is 4.74 Å². The zero-order chi connectivity index (χ0) is 23.4. The van der Waals surface area contributed by atoms with Gasteiger partial charge >= 0.3 is 0 Å². The Hall–Kier alpha value is -2.17. The second-order valence-electron chi connectivity index (χ2n) is 9.15. The maximum Gasteiger partial charge on any atom is 0.243 e. The third-order valence-corrected chi connectivity index (χ3v) is 8.54. The van der Waals surface area contributed by atoms with Crippen LogP contribution in [-0.4, -0.2) is 70.5 Å². The first-order valence-corrected chi connectivity index (χ1v) is 13.3. The lowest BCUT2D eigenvalue weighted by Crippen LogP contribution is -2.37. The van der Waals surface area contributed by atoms with Crippen LogP contribution in [0.1, 0.15) is 39.0 Å². The molecule has 3 aliphatic rings. The van der Waals surface area contributed by atoms with Crippen molar-refractivity contribution < 1.29 is 22.7 Å². The molecule has 2 heterocycles. The molecular formula is C23H34N4O5S. The van der Waals surface area contributed by atoms with E-state index >= 15 is 0 Å². The Labute approximate surface area is 195 Å². The smallest absolute Gasteiger partial charge is 0.243 e. The van der Waals surface area contributed by atoms with Gasteiger partial charge in [-0.25, -0.2) is 8.42 Å². The minimum Gasteiger partial charge on any atom is -0.378 e. The summed E-state index contributed by atoms with van der Waals surface area (Å²) in [5.74, 6) is 0.220. The summed E-state index contributed by atoms with van der Waals surface area (Å²) in [6.45, 7) is 5.82. The average molecular weight is 479 g/mol. The summed E-state index contributed by atoms with van der Waals surface area (Å²) < 4.78 is 33.3. The summed E-state index contributed by atoms with van der Waals surface area (Å²) in [7, 11) is -3.62. The van der Waals surface area contributed by atoms with Gasteiger partial charge in [0, 0.05) is 45.1 Å². The van der Waals surface area contributed by atoms with Gasteiger partial charge in [-0.05, 0) is 43.4 Å².